The predicted molar refractivity (Wildman–Crippen MR) is 160 cm³/mol. The first kappa shape index (κ1) is 26.5. The summed E-state index contributed by atoms with van der Waals surface area (Å²) in [4.78, 5) is 42.2. The maximum absolute atomic E-state index is 13.6. The van der Waals surface area contributed by atoms with Gasteiger partial charge in [0.15, 0.2) is 11.7 Å². The molecule has 0 aliphatic carbocycles. The van der Waals surface area contributed by atoms with E-state index in [9.17, 15) is 14.4 Å². The lowest BCUT2D eigenvalue weighted by Crippen LogP contribution is -2.56. The topological polar surface area (TPSA) is 79.0 Å². The molecule has 1 N–H and O–H groups in total. The molecule has 4 aromatic rings. The molecular weight excluding hydrogens is 522 g/mol. The standard InChI is InChI=1S/C32H25N3O4S/c1-22-12-16-24(17-13-22)33-29(36)21-39-27-18-14-23(15-19-27)20-28-30(37)34(25-8-4-2-5-9-25)32(40)35(31(28)38)26-10-6-3-7-11-26/h2-20H,21H2,1H3,(H,33,36). The van der Waals surface area contributed by atoms with Crippen LogP contribution in [0.15, 0.2) is 115 Å². The molecule has 1 aliphatic rings. The van der Waals surface area contributed by atoms with Crippen LogP contribution in [0.3, 0.4) is 0 Å². The van der Waals surface area contributed by atoms with E-state index >= 15 is 0 Å². The number of amides is 3. The molecule has 40 heavy (non-hydrogen) atoms. The number of thiocarbonyl (C=S) groups is 1. The van der Waals surface area contributed by atoms with Crippen molar-refractivity contribution in [3.05, 3.63) is 126 Å². The fourth-order valence-electron chi connectivity index (χ4n) is 4.15. The smallest absolute Gasteiger partial charge is 0.270 e. The Morgan fingerprint density at radius 2 is 1.30 bits per heavy atom. The number of rotatable bonds is 7. The third kappa shape index (κ3) is 5.82. The lowest BCUT2D eigenvalue weighted by molar-refractivity contribution is -0.121. The number of carbonyl (C=O) groups is 3. The Hall–Kier alpha value is -5.08. The molecule has 0 saturated carbocycles. The van der Waals surface area contributed by atoms with Gasteiger partial charge in [0.05, 0.1) is 11.4 Å². The minimum atomic E-state index is -0.513. The molecule has 3 amide bonds. The second kappa shape index (κ2) is 11.8. The second-order valence-corrected chi connectivity index (χ2v) is 9.43. The number of nitrogens with one attached hydrogen (secondary N) is 1. The SMILES string of the molecule is Cc1ccc(NC(=O)COc2ccc(C=C3C(=O)N(c4ccccc4)C(=S)N(c4ccccc4)C3=O)cc2)cc1. The Morgan fingerprint density at radius 3 is 1.82 bits per heavy atom. The van der Waals surface area contributed by atoms with Crippen LogP contribution >= 0.6 is 12.2 Å². The van der Waals surface area contributed by atoms with Gasteiger partial charge in [0.1, 0.15) is 11.3 Å². The van der Waals surface area contributed by atoms with Gasteiger partial charge in [0, 0.05) is 5.69 Å². The highest BCUT2D eigenvalue weighted by molar-refractivity contribution is 7.81. The first-order chi connectivity index (χ1) is 19.4. The minimum Gasteiger partial charge on any atom is -0.484 e. The molecule has 198 valence electrons. The van der Waals surface area contributed by atoms with Crippen molar-refractivity contribution in [1.82, 2.24) is 0 Å². The Morgan fingerprint density at radius 1 is 0.775 bits per heavy atom. The van der Waals surface area contributed by atoms with E-state index in [1.807, 2.05) is 43.3 Å². The number of aryl methyl sites for hydroxylation is 1. The number of para-hydroxylation sites is 2. The van der Waals surface area contributed by atoms with Gasteiger partial charge in [0.2, 0.25) is 0 Å². The van der Waals surface area contributed by atoms with Crippen molar-refractivity contribution >= 4 is 58.2 Å². The Kier molecular flexibility index (Phi) is 7.80. The largest absolute Gasteiger partial charge is 0.484 e. The van der Waals surface area contributed by atoms with E-state index in [0.29, 0.717) is 28.4 Å². The van der Waals surface area contributed by atoms with Crippen molar-refractivity contribution in [1.29, 1.82) is 0 Å². The molecule has 1 heterocycles. The monoisotopic (exact) mass is 547 g/mol. The lowest BCUT2D eigenvalue weighted by Gasteiger charge is -2.36. The van der Waals surface area contributed by atoms with Crippen molar-refractivity contribution in [2.24, 2.45) is 0 Å². The fraction of sp³-hybridized carbons (Fsp3) is 0.0625. The summed E-state index contributed by atoms with van der Waals surface area (Å²) in [5, 5.41) is 2.87. The van der Waals surface area contributed by atoms with E-state index < -0.39 is 11.8 Å². The van der Waals surface area contributed by atoms with Crippen molar-refractivity contribution in [3.8, 4) is 5.75 Å². The summed E-state index contributed by atoms with van der Waals surface area (Å²) in [6.07, 6.45) is 1.53. The maximum atomic E-state index is 13.6. The van der Waals surface area contributed by atoms with E-state index in [-0.39, 0.29) is 23.2 Å². The number of hydrogen-bond donors (Lipinski definition) is 1. The van der Waals surface area contributed by atoms with Crippen molar-refractivity contribution in [3.63, 3.8) is 0 Å². The summed E-state index contributed by atoms with van der Waals surface area (Å²) in [6, 6.07) is 32.2. The van der Waals surface area contributed by atoms with Gasteiger partial charge in [-0.3, -0.25) is 24.2 Å². The predicted octanol–water partition coefficient (Wildman–Crippen LogP) is 5.76. The fourth-order valence-corrected chi connectivity index (χ4v) is 4.53. The number of ether oxygens (including phenoxy) is 1. The summed E-state index contributed by atoms with van der Waals surface area (Å²) >= 11 is 5.63. The average Bonchev–Trinajstić information content (AvgIpc) is 2.97. The van der Waals surface area contributed by atoms with Crippen molar-refractivity contribution < 1.29 is 19.1 Å². The normalized spacial score (nSPS) is 13.3. The van der Waals surface area contributed by atoms with Crippen LogP contribution in [-0.2, 0) is 14.4 Å². The van der Waals surface area contributed by atoms with E-state index in [0.717, 1.165) is 5.56 Å². The van der Waals surface area contributed by atoms with Gasteiger partial charge in [-0.05, 0) is 79.3 Å². The quantitative estimate of drug-likeness (QED) is 0.181. The highest BCUT2D eigenvalue weighted by Gasteiger charge is 2.41. The van der Waals surface area contributed by atoms with Gasteiger partial charge < -0.3 is 10.1 Å². The summed E-state index contributed by atoms with van der Waals surface area (Å²) in [5.41, 5.74) is 3.49. The molecule has 0 atom stereocenters. The summed E-state index contributed by atoms with van der Waals surface area (Å²) in [7, 11) is 0. The lowest BCUT2D eigenvalue weighted by atomic mass is 10.0. The van der Waals surface area contributed by atoms with E-state index in [2.05, 4.69) is 5.32 Å². The van der Waals surface area contributed by atoms with E-state index in [1.54, 1.807) is 72.8 Å². The molecular formula is C32H25N3O4S. The molecule has 1 aliphatic heterocycles. The van der Waals surface area contributed by atoms with Crippen LogP contribution in [0.5, 0.6) is 5.75 Å². The number of anilines is 3. The number of nitrogens with zero attached hydrogens (tertiary/aromatic N) is 2. The Bertz CT molecular complexity index is 1520. The van der Waals surface area contributed by atoms with Crippen LogP contribution in [0, 0.1) is 6.92 Å². The summed E-state index contributed by atoms with van der Waals surface area (Å²) in [6.45, 7) is 1.81. The molecule has 8 heteroatoms. The van der Waals surface area contributed by atoms with E-state index in [1.165, 1.54) is 15.9 Å². The molecule has 0 spiro atoms. The van der Waals surface area contributed by atoms with Crippen LogP contribution in [0.4, 0.5) is 17.1 Å². The van der Waals surface area contributed by atoms with Crippen molar-refractivity contribution in [2.75, 3.05) is 21.7 Å². The third-order valence-corrected chi connectivity index (χ3v) is 6.54. The second-order valence-electron chi connectivity index (χ2n) is 9.06. The molecule has 4 aromatic carbocycles. The van der Waals surface area contributed by atoms with Gasteiger partial charge in [-0.25, -0.2) is 0 Å². The highest BCUT2D eigenvalue weighted by Crippen LogP contribution is 2.30. The van der Waals surface area contributed by atoms with Gasteiger partial charge in [-0.15, -0.1) is 0 Å². The van der Waals surface area contributed by atoms with Crippen molar-refractivity contribution in [2.45, 2.75) is 6.92 Å². The summed E-state index contributed by atoms with van der Waals surface area (Å²) < 4.78 is 5.61. The van der Waals surface area contributed by atoms with Crippen LogP contribution < -0.4 is 19.9 Å². The van der Waals surface area contributed by atoms with E-state index in [4.69, 9.17) is 17.0 Å². The maximum Gasteiger partial charge on any atom is 0.270 e. The molecule has 0 unspecified atom stereocenters. The molecule has 1 saturated heterocycles. The molecule has 5 rings (SSSR count). The zero-order chi connectivity index (χ0) is 28.1. The van der Waals surface area contributed by atoms with Gasteiger partial charge in [-0.1, -0.05) is 66.2 Å². The molecule has 0 bridgehead atoms. The molecule has 0 radical (unpaired) electrons. The zero-order valence-electron chi connectivity index (χ0n) is 21.6. The highest BCUT2D eigenvalue weighted by atomic mass is 32.1. The van der Waals surface area contributed by atoms with Crippen LogP contribution in [0.25, 0.3) is 6.08 Å². The number of carbonyl (C=O) groups excluding carboxylic acids is 3. The molecule has 0 aromatic heterocycles. The number of hydrogen-bond acceptors (Lipinski definition) is 5. The molecule has 7 nitrogen and oxygen atoms in total. The Balaban J connectivity index is 1.36. The number of benzene rings is 4. The first-order valence-electron chi connectivity index (χ1n) is 12.5. The third-order valence-electron chi connectivity index (χ3n) is 6.17. The van der Waals surface area contributed by atoms with Gasteiger partial charge >= 0.3 is 0 Å². The molecule has 1 fully saturated rings. The minimum absolute atomic E-state index is 0.0348. The average molecular weight is 548 g/mol. The zero-order valence-corrected chi connectivity index (χ0v) is 22.4. The van der Waals surface area contributed by atoms with Crippen LogP contribution in [0.2, 0.25) is 0 Å². The van der Waals surface area contributed by atoms with Gasteiger partial charge in [0.25, 0.3) is 17.7 Å². The Labute approximate surface area is 237 Å². The first-order valence-corrected chi connectivity index (χ1v) is 13.0. The van der Waals surface area contributed by atoms with Crippen LogP contribution in [0.1, 0.15) is 11.1 Å². The summed E-state index contributed by atoms with van der Waals surface area (Å²) in [5.74, 6) is -0.838. The van der Waals surface area contributed by atoms with Gasteiger partial charge in [-0.2, -0.15) is 0 Å². The van der Waals surface area contributed by atoms with Crippen LogP contribution in [-0.4, -0.2) is 29.4 Å².